The van der Waals surface area contributed by atoms with Gasteiger partial charge in [-0.25, -0.2) is 4.98 Å². The molecule has 2 saturated carbocycles. The Morgan fingerprint density at radius 3 is 2.70 bits per heavy atom. The first kappa shape index (κ1) is 13.6. The first-order valence-corrected chi connectivity index (χ1v) is 9.00. The topological polar surface area (TPSA) is 49.0 Å². The molecule has 0 unspecified atom stereocenters. The van der Waals surface area contributed by atoms with Crippen LogP contribution in [0.5, 0.6) is 0 Å². The maximum absolute atomic E-state index is 12.9. The van der Waals surface area contributed by atoms with Gasteiger partial charge in [0.15, 0.2) is 0 Å². The summed E-state index contributed by atoms with van der Waals surface area (Å²) in [5, 5.41) is 1.15. The van der Waals surface area contributed by atoms with Crippen LogP contribution in [0.25, 0.3) is 11.0 Å². The molecule has 4 fully saturated rings. The number of nitrogens with one attached hydrogen (secondary N) is 1. The highest BCUT2D eigenvalue weighted by molar-refractivity contribution is 5.81. The molecule has 122 valence electrons. The quantitative estimate of drug-likeness (QED) is 0.942. The molecule has 0 radical (unpaired) electrons. The summed E-state index contributed by atoms with van der Waals surface area (Å²) in [6, 6.07) is 5.14. The standard InChI is InChI=1S/C19H23N3O.H2/c23-18(4-3-14-11-21-19-17(14)2-1-5-20-19)22-15-7-12-6-13(9-15)10-16(22)8-12;/h1-2,5,11-13,15-16H,3-4,6-10H2,(H,20,21);1H. The van der Waals surface area contributed by atoms with Gasteiger partial charge in [-0.15, -0.1) is 0 Å². The summed E-state index contributed by atoms with van der Waals surface area (Å²) in [5.74, 6) is 2.18. The lowest BCUT2D eigenvalue weighted by molar-refractivity contribution is -0.149. The number of aromatic amines is 1. The molecule has 2 saturated heterocycles. The van der Waals surface area contributed by atoms with E-state index >= 15 is 0 Å². The highest BCUT2D eigenvalue weighted by atomic mass is 16.2. The maximum Gasteiger partial charge on any atom is 0.223 e. The summed E-state index contributed by atoms with van der Waals surface area (Å²) in [6.07, 6.45) is 11.7. The molecule has 0 atom stereocenters. The Labute approximate surface area is 137 Å². The number of H-pyrrole nitrogens is 1. The highest BCUT2D eigenvalue weighted by Gasteiger charge is 2.48. The molecule has 1 N–H and O–H groups in total. The van der Waals surface area contributed by atoms with Gasteiger partial charge in [0.2, 0.25) is 5.91 Å². The number of aryl methyl sites for hydroxylation is 1. The van der Waals surface area contributed by atoms with Crippen LogP contribution in [0, 0.1) is 11.8 Å². The van der Waals surface area contributed by atoms with E-state index in [0.717, 1.165) is 29.3 Å². The third-order valence-electron chi connectivity index (χ3n) is 6.31. The van der Waals surface area contributed by atoms with Crippen LogP contribution >= 0.6 is 0 Å². The van der Waals surface area contributed by atoms with Crippen LogP contribution in [0.4, 0.5) is 0 Å². The van der Waals surface area contributed by atoms with Crippen LogP contribution in [0.2, 0.25) is 0 Å². The van der Waals surface area contributed by atoms with Crippen molar-refractivity contribution in [3.63, 3.8) is 0 Å². The van der Waals surface area contributed by atoms with Gasteiger partial charge in [-0.3, -0.25) is 4.79 Å². The van der Waals surface area contributed by atoms with Gasteiger partial charge in [0.25, 0.3) is 0 Å². The minimum atomic E-state index is 0. The summed E-state index contributed by atoms with van der Waals surface area (Å²) >= 11 is 0. The van der Waals surface area contributed by atoms with E-state index in [-0.39, 0.29) is 1.43 Å². The number of hydrogen-bond acceptors (Lipinski definition) is 2. The molecule has 4 heteroatoms. The number of carbonyl (C=O) groups excluding carboxylic acids is 1. The normalized spacial score (nSPS) is 31.9. The number of aromatic nitrogens is 2. The molecule has 0 spiro atoms. The van der Waals surface area contributed by atoms with Crippen LogP contribution in [-0.4, -0.2) is 32.9 Å². The van der Waals surface area contributed by atoms with Gasteiger partial charge in [-0.2, -0.15) is 0 Å². The Bertz CT molecular complexity index is 728. The van der Waals surface area contributed by atoms with Gasteiger partial charge in [0.05, 0.1) is 0 Å². The summed E-state index contributed by atoms with van der Waals surface area (Å²) in [5.41, 5.74) is 2.14. The van der Waals surface area contributed by atoms with Crippen LogP contribution in [0.1, 0.15) is 45.5 Å². The fourth-order valence-electron chi connectivity index (χ4n) is 5.53. The monoisotopic (exact) mass is 311 g/mol. The molecule has 2 aromatic rings. The Kier molecular flexibility index (Phi) is 3.00. The lowest BCUT2D eigenvalue weighted by Crippen LogP contribution is -2.59. The maximum atomic E-state index is 12.9. The Hall–Kier alpha value is -1.84. The lowest BCUT2D eigenvalue weighted by Gasteiger charge is -2.56. The summed E-state index contributed by atoms with van der Waals surface area (Å²) in [7, 11) is 0. The van der Waals surface area contributed by atoms with Gasteiger partial charge in [0.1, 0.15) is 5.65 Å². The van der Waals surface area contributed by atoms with Crippen molar-refractivity contribution in [1.29, 1.82) is 0 Å². The SMILES string of the molecule is O=C(CCc1c[nH]c2ncccc12)N1C2CC3CC(C2)CC1C3.[HH]. The van der Waals surface area contributed by atoms with Gasteiger partial charge in [-0.05, 0) is 68.1 Å². The van der Waals surface area contributed by atoms with Crippen molar-refractivity contribution in [3.8, 4) is 0 Å². The molecule has 2 aliphatic carbocycles. The minimum absolute atomic E-state index is 0. The van der Waals surface area contributed by atoms with Crippen molar-refractivity contribution < 1.29 is 6.22 Å². The molecule has 23 heavy (non-hydrogen) atoms. The molecule has 2 aliphatic heterocycles. The Morgan fingerprint density at radius 1 is 1.22 bits per heavy atom. The molecule has 4 heterocycles. The smallest absolute Gasteiger partial charge is 0.223 e. The van der Waals surface area contributed by atoms with Crippen molar-refractivity contribution in [3.05, 3.63) is 30.1 Å². The van der Waals surface area contributed by atoms with Crippen molar-refractivity contribution >= 4 is 16.9 Å². The number of hydrogen-bond donors (Lipinski definition) is 1. The zero-order chi connectivity index (χ0) is 15.4. The third-order valence-corrected chi connectivity index (χ3v) is 6.31. The third kappa shape index (κ3) is 2.19. The highest BCUT2D eigenvalue weighted by Crippen LogP contribution is 2.49. The summed E-state index contributed by atoms with van der Waals surface area (Å²) in [6.45, 7) is 0. The van der Waals surface area contributed by atoms with Gasteiger partial charge >= 0.3 is 0 Å². The zero-order valence-corrected chi connectivity index (χ0v) is 13.4. The van der Waals surface area contributed by atoms with Gasteiger partial charge in [0, 0.05) is 37.7 Å². The number of rotatable bonds is 3. The van der Waals surface area contributed by atoms with E-state index in [9.17, 15) is 4.79 Å². The first-order chi connectivity index (χ1) is 11.3. The number of piperidine rings is 2. The van der Waals surface area contributed by atoms with Crippen molar-refractivity contribution in [2.45, 2.75) is 57.0 Å². The molecular formula is C19H25N3O. The molecule has 0 aromatic carbocycles. The predicted octanol–water partition coefficient (Wildman–Crippen LogP) is 3.53. The van der Waals surface area contributed by atoms with Crippen LogP contribution in [0.15, 0.2) is 24.5 Å². The second-order valence-corrected chi connectivity index (χ2v) is 7.73. The van der Waals surface area contributed by atoms with Crippen molar-refractivity contribution in [2.24, 2.45) is 11.8 Å². The molecule has 4 bridgehead atoms. The molecule has 4 aliphatic rings. The van der Waals surface area contributed by atoms with E-state index in [0.29, 0.717) is 24.4 Å². The van der Waals surface area contributed by atoms with Crippen LogP contribution < -0.4 is 0 Å². The predicted molar refractivity (Wildman–Crippen MR) is 91.0 cm³/mol. The summed E-state index contributed by atoms with van der Waals surface area (Å²) < 4.78 is 0. The first-order valence-electron chi connectivity index (χ1n) is 9.00. The Morgan fingerprint density at radius 2 is 1.96 bits per heavy atom. The minimum Gasteiger partial charge on any atom is -0.346 e. The second kappa shape index (κ2) is 5.08. The molecule has 6 rings (SSSR count). The zero-order valence-electron chi connectivity index (χ0n) is 13.4. The van der Waals surface area contributed by atoms with Crippen molar-refractivity contribution in [1.82, 2.24) is 14.9 Å². The Balaban J connectivity index is 0.00000146. The molecule has 2 aromatic heterocycles. The van der Waals surface area contributed by atoms with E-state index in [1.807, 2.05) is 12.3 Å². The summed E-state index contributed by atoms with van der Waals surface area (Å²) in [4.78, 5) is 22.7. The molecular weight excluding hydrogens is 286 g/mol. The van der Waals surface area contributed by atoms with E-state index in [4.69, 9.17) is 0 Å². The molecule has 4 nitrogen and oxygen atoms in total. The van der Waals surface area contributed by atoms with E-state index < -0.39 is 0 Å². The van der Waals surface area contributed by atoms with Crippen molar-refractivity contribution in [2.75, 3.05) is 0 Å². The lowest BCUT2D eigenvalue weighted by atomic mass is 9.63. The van der Waals surface area contributed by atoms with Gasteiger partial charge < -0.3 is 9.88 Å². The second-order valence-electron chi connectivity index (χ2n) is 7.73. The van der Waals surface area contributed by atoms with Crippen LogP contribution in [0.3, 0.4) is 0 Å². The number of carbonyl (C=O) groups is 1. The number of pyridine rings is 1. The fraction of sp³-hybridized carbons (Fsp3) is 0.579. The largest absolute Gasteiger partial charge is 0.346 e. The number of fused-ring (bicyclic) bond motifs is 1. The van der Waals surface area contributed by atoms with E-state index in [2.05, 4.69) is 20.9 Å². The van der Waals surface area contributed by atoms with Gasteiger partial charge in [-0.1, -0.05) is 0 Å². The average molecular weight is 311 g/mol. The average Bonchev–Trinajstić information content (AvgIpc) is 2.95. The number of amides is 1. The van der Waals surface area contributed by atoms with E-state index in [1.54, 1.807) is 6.20 Å². The van der Waals surface area contributed by atoms with E-state index in [1.165, 1.54) is 37.7 Å². The number of nitrogens with zero attached hydrogens (tertiary/aromatic N) is 2. The fourth-order valence-corrected chi connectivity index (χ4v) is 5.53. The van der Waals surface area contributed by atoms with Crippen LogP contribution in [-0.2, 0) is 11.2 Å². The molecule has 1 amide bonds.